The third-order valence-electron chi connectivity index (χ3n) is 5.61. The molecule has 0 unspecified atom stereocenters. The van der Waals surface area contributed by atoms with E-state index in [4.69, 9.17) is 4.74 Å². The van der Waals surface area contributed by atoms with Crippen molar-refractivity contribution in [2.75, 3.05) is 46.8 Å². The van der Waals surface area contributed by atoms with Gasteiger partial charge in [0, 0.05) is 39.1 Å². The summed E-state index contributed by atoms with van der Waals surface area (Å²) in [4.78, 5) is 16.6. The Hall–Kier alpha value is -1.84. The molecule has 0 saturated carbocycles. The Morgan fingerprint density at radius 1 is 1.23 bits per heavy atom. The molecule has 8 nitrogen and oxygen atoms in total. The van der Waals surface area contributed by atoms with Crippen molar-refractivity contribution < 1.29 is 17.9 Å². The number of sulfonamides is 1. The molecular formula is C21H34N4O4S. The summed E-state index contributed by atoms with van der Waals surface area (Å²) in [6, 6.07) is 6.45. The van der Waals surface area contributed by atoms with E-state index in [2.05, 4.69) is 19.2 Å². The average molecular weight is 439 g/mol. The van der Waals surface area contributed by atoms with Gasteiger partial charge in [-0.15, -0.1) is 0 Å². The van der Waals surface area contributed by atoms with Crippen LogP contribution in [0.3, 0.4) is 0 Å². The smallest absolute Gasteiger partial charge is 0.317 e. The van der Waals surface area contributed by atoms with E-state index < -0.39 is 10.0 Å². The number of para-hydroxylation sites is 1. The number of hydrogen-bond acceptors (Lipinski definition) is 5. The van der Waals surface area contributed by atoms with Crippen molar-refractivity contribution in [3.8, 4) is 5.75 Å². The van der Waals surface area contributed by atoms with Crippen molar-refractivity contribution in [2.45, 2.75) is 43.7 Å². The minimum atomic E-state index is -3.70. The maximum absolute atomic E-state index is 13.5. The highest BCUT2D eigenvalue weighted by atomic mass is 32.2. The van der Waals surface area contributed by atoms with Gasteiger partial charge in [0.15, 0.2) is 0 Å². The molecule has 168 valence electrons. The fourth-order valence-electron chi connectivity index (χ4n) is 3.95. The molecule has 0 aliphatic carbocycles. The number of amides is 2. The molecule has 2 heterocycles. The molecule has 0 radical (unpaired) electrons. The number of likely N-dealkylation sites (tertiary alicyclic amines) is 1. The molecule has 9 heteroatoms. The van der Waals surface area contributed by atoms with Crippen LogP contribution in [0.15, 0.2) is 29.2 Å². The summed E-state index contributed by atoms with van der Waals surface area (Å²) in [5.74, 6) is 0.774. The van der Waals surface area contributed by atoms with Gasteiger partial charge in [-0.25, -0.2) is 13.2 Å². The number of rotatable bonds is 5. The topological polar surface area (TPSA) is 82.2 Å². The first-order valence-electron chi connectivity index (χ1n) is 10.6. The lowest BCUT2D eigenvalue weighted by molar-refractivity contribution is 0.110. The third-order valence-corrected chi connectivity index (χ3v) is 7.57. The number of likely N-dealkylation sites (N-methyl/N-ethyl adjacent to an activating group) is 1. The van der Waals surface area contributed by atoms with Crippen LogP contribution in [0.1, 0.15) is 26.7 Å². The lowest BCUT2D eigenvalue weighted by Crippen LogP contribution is -2.49. The standard InChI is InChI=1S/C21H34N4O4S/c1-16(2)15-22-21(26)24-11-9-17-18(10-12-24)29-19-7-5-6-8-20(19)30(27,28)25(17)14-13-23(3)4/h5-8,16-18H,9-15H2,1-4H3,(H,22,26)/t17-,18-/m1/s1. The van der Waals surface area contributed by atoms with Crippen molar-refractivity contribution >= 4 is 16.1 Å². The summed E-state index contributed by atoms with van der Waals surface area (Å²) in [5.41, 5.74) is 0. The van der Waals surface area contributed by atoms with Gasteiger partial charge in [-0.2, -0.15) is 4.31 Å². The molecule has 1 saturated heterocycles. The Bertz CT molecular complexity index is 843. The first-order chi connectivity index (χ1) is 14.2. The summed E-state index contributed by atoms with van der Waals surface area (Å²) >= 11 is 0. The second kappa shape index (κ2) is 9.53. The highest BCUT2D eigenvalue weighted by molar-refractivity contribution is 7.89. The van der Waals surface area contributed by atoms with E-state index in [0.717, 1.165) is 0 Å². The molecular weight excluding hydrogens is 404 g/mol. The van der Waals surface area contributed by atoms with Gasteiger partial charge in [0.2, 0.25) is 10.0 Å². The molecule has 2 aliphatic heterocycles. The highest BCUT2D eigenvalue weighted by Gasteiger charge is 2.43. The van der Waals surface area contributed by atoms with E-state index >= 15 is 0 Å². The van der Waals surface area contributed by atoms with Crippen LogP contribution in [0.5, 0.6) is 5.75 Å². The van der Waals surface area contributed by atoms with Gasteiger partial charge in [-0.3, -0.25) is 0 Å². The molecule has 1 aromatic rings. The summed E-state index contributed by atoms with van der Waals surface area (Å²) in [6.07, 6.45) is 0.830. The van der Waals surface area contributed by atoms with Crippen molar-refractivity contribution in [1.82, 2.24) is 19.4 Å². The number of hydrogen-bond donors (Lipinski definition) is 1. The predicted octanol–water partition coefficient (Wildman–Crippen LogP) is 1.83. The number of nitrogens with zero attached hydrogens (tertiary/aromatic N) is 3. The van der Waals surface area contributed by atoms with Gasteiger partial charge in [0.05, 0.1) is 6.04 Å². The van der Waals surface area contributed by atoms with Crippen LogP contribution in [0.25, 0.3) is 0 Å². The van der Waals surface area contributed by atoms with Gasteiger partial charge in [-0.1, -0.05) is 26.0 Å². The summed E-state index contributed by atoms with van der Waals surface area (Å²) in [7, 11) is 0.163. The van der Waals surface area contributed by atoms with E-state index in [9.17, 15) is 13.2 Å². The quantitative estimate of drug-likeness (QED) is 0.759. The Labute approximate surface area is 180 Å². The lowest BCUT2D eigenvalue weighted by Gasteiger charge is -2.32. The van der Waals surface area contributed by atoms with Gasteiger partial charge in [0.25, 0.3) is 0 Å². The van der Waals surface area contributed by atoms with E-state index in [1.807, 2.05) is 19.0 Å². The molecule has 2 atom stereocenters. The average Bonchev–Trinajstić information content (AvgIpc) is 2.93. The molecule has 0 aromatic heterocycles. The molecule has 0 spiro atoms. The van der Waals surface area contributed by atoms with Crippen LogP contribution in [0.4, 0.5) is 4.79 Å². The number of urea groups is 1. The zero-order valence-corrected chi connectivity index (χ0v) is 19.2. The first kappa shape index (κ1) is 22.8. The Morgan fingerprint density at radius 3 is 2.63 bits per heavy atom. The lowest BCUT2D eigenvalue weighted by atomic mass is 10.1. The SMILES string of the molecule is CC(C)CNC(=O)N1CC[C@@H]2[C@@H](CC1)Oc1ccccc1S(=O)(=O)N2CCN(C)C. The zero-order chi connectivity index (χ0) is 21.9. The second-order valence-electron chi connectivity index (χ2n) is 8.73. The molecule has 2 amide bonds. The number of ether oxygens (including phenoxy) is 1. The second-order valence-corrected chi connectivity index (χ2v) is 10.6. The van der Waals surface area contributed by atoms with Crippen LogP contribution in [0.2, 0.25) is 0 Å². The monoisotopic (exact) mass is 438 g/mol. The minimum absolute atomic E-state index is 0.0942. The Morgan fingerprint density at radius 2 is 1.93 bits per heavy atom. The van der Waals surface area contributed by atoms with Crippen molar-refractivity contribution in [1.29, 1.82) is 0 Å². The Balaban J connectivity index is 1.87. The number of benzene rings is 1. The maximum atomic E-state index is 13.5. The van der Waals surface area contributed by atoms with E-state index in [-0.39, 0.29) is 23.1 Å². The van der Waals surface area contributed by atoms with Crippen molar-refractivity contribution in [3.63, 3.8) is 0 Å². The van der Waals surface area contributed by atoms with Gasteiger partial charge >= 0.3 is 6.03 Å². The summed E-state index contributed by atoms with van der Waals surface area (Å²) in [5, 5.41) is 2.96. The van der Waals surface area contributed by atoms with Crippen LogP contribution in [0, 0.1) is 5.92 Å². The molecule has 1 fully saturated rings. The van der Waals surface area contributed by atoms with Crippen LogP contribution < -0.4 is 10.1 Å². The zero-order valence-electron chi connectivity index (χ0n) is 18.4. The first-order valence-corrected chi connectivity index (χ1v) is 12.1. The normalized spacial score (nSPS) is 23.9. The number of fused-ring (bicyclic) bond motifs is 2. The summed E-state index contributed by atoms with van der Waals surface area (Å²) < 4.78 is 34.9. The van der Waals surface area contributed by atoms with Crippen LogP contribution >= 0.6 is 0 Å². The third kappa shape index (κ3) is 5.07. The summed E-state index contributed by atoms with van der Waals surface area (Å²) in [6.45, 7) is 6.76. The molecule has 1 N–H and O–H groups in total. The number of carbonyl (C=O) groups is 1. The van der Waals surface area contributed by atoms with Crippen LogP contribution in [-0.2, 0) is 10.0 Å². The van der Waals surface area contributed by atoms with Crippen molar-refractivity contribution in [2.24, 2.45) is 5.92 Å². The van der Waals surface area contributed by atoms with E-state index in [1.165, 1.54) is 0 Å². The molecule has 30 heavy (non-hydrogen) atoms. The fourth-order valence-corrected chi connectivity index (χ4v) is 5.74. The maximum Gasteiger partial charge on any atom is 0.317 e. The number of carbonyl (C=O) groups excluding carboxylic acids is 1. The Kier molecular flexibility index (Phi) is 7.26. The molecule has 3 rings (SSSR count). The highest BCUT2D eigenvalue weighted by Crippen LogP contribution is 2.36. The molecule has 0 bridgehead atoms. The van der Waals surface area contributed by atoms with Crippen molar-refractivity contribution in [3.05, 3.63) is 24.3 Å². The van der Waals surface area contributed by atoms with E-state index in [1.54, 1.807) is 33.5 Å². The van der Waals surface area contributed by atoms with Gasteiger partial charge in [0.1, 0.15) is 16.7 Å². The predicted molar refractivity (Wildman–Crippen MR) is 116 cm³/mol. The minimum Gasteiger partial charge on any atom is -0.487 e. The van der Waals surface area contributed by atoms with E-state index in [0.29, 0.717) is 57.2 Å². The van der Waals surface area contributed by atoms with Gasteiger partial charge < -0.3 is 19.9 Å². The number of nitrogens with one attached hydrogen (secondary N) is 1. The largest absolute Gasteiger partial charge is 0.487 e. The van der Waals surface area contributed by atoms with Crippen LogP contribution in [-0.4, -0.2) is 87.5 Å². The molecule has 1 aromatic carbocycles. The van der Waals surface area contributed by atoms with Gasteiger partial charge in [-0.05, 0) is 38.6 Å². The molecule has 2 aliphatic rings. The fraction of sp³-hybridized carbons (Fsp3) is 0.667.